The van der Waals surface area contributed by atoms with Gasteiger partial charge in [-0.2, -0.15) is 11.8 Å². The molecule has 0 amide bonds. The summed E-state index contributed by atoms with van der Waals surface area (Å²) in [4.78, 5) is 14.6. The van der Waals surface area contributed by atoms with Gasteiger partial charge in [-0.05, 0) is 36.1 Å². The van der Waals surface area contributed by atoms with E-state index in [0.29, 0.717) is 5.75 Å². The van der Waals surface area contributed by atoms with Crippen LogP contribution in [0.15, 0.2) is 35.4 Å². The number of nitrogens with zero attached hydrogens (tertiary/aromatic N) is 1. The fourth-order valence-electron chi connectivity index (χ4n) is 2.02. The molecular formula is C15H15FN2O5S2. The molecule has 0 spiro atoms. The Morgan fingerprint density at radius 2 is 2.12 bits per heavy atom. The van der Waals surface area contributed by atoms with Crippen molar-refractivity contribution < 1.29 is 27.4 Å². The first-order valence-electron chi connectivity index (χ1n) is 6.86. The number of rotatable bonds is 7. The van der Waals surface area contributed by atoms with E-state index in [1.807, 2.05) is 6.26 Å². The average Bonchev–Trinajstić information content (AvgIpc) is 2.55. The summed E-state index contributed by atoms with van der Waals surface area (Å²) in [7, 11) is -2.82. The Hall–Kier alpha value is -2.33. The Bertz CT molecular complexity index is 903. The molecule has 0 fully saturated rings. The number of benzene rings is 1. The van der Waals surface area contributed by atoms with Gasteiger partial charge in [0, 0.05) is 11.9 Å². The smallest absolute Gasteiger partial charge is 0.338 e. The normalized spacial score (nSPS) is 11.2. The number of pyridine rings is 1. The highest BCUT2D eigenvalue weighted by molar-refractivity contribution is 7.97. The number of nitrogens with one attached hydrogen (secondary N) is 1. The largest absolute Gasteiger partial charge is 0.480 e. The summed E-state index contributed by atoms with van der Waals surface area (Å²) in [5.74, 6) is -1.90. The van der Waals surface area contributed by atoms with Crippen LogP contribution >= 0.6 is 11.8 Å². The molecule has 1 heterocycles. The molecule has 1 aromatic heterocycles. The zero-order chi connectivity index (χ0) is 18.6. The maximum atomic E-state index is 13.5. The number of halogens is 1. The molecular weight excluding hydrogens is 371 g/mol. The quantitative estimate of drug-likeness (QED) is 0.753. The van der Waals surface area contributed by atoms with Gasteiger partial charge in [0.25, 0.3) is 10.0 Å². The number of sulfonamides is 1. The lowest BCUT2D eigenvalue weighted by Gasteiger charge is -2.13. The van der Waals surface area contributed by atoms with Crippen molar-refractivity contribution in [1.29, 1.82) is 0 Å². The molecule has 0 aliphatic rings. The van der Waals surface area contributed by atoms with Crippen LogP contribution in [0.1, 0.15) is 15.9 Å². The second-order valence-electron chi connectivity index (χ2n) is 4.89. The Labute approximate surface area is 148 Å². The van der Waals surface area contributed by atoms with Gasteiger partial charge >= 0.3 is 5.97 Å². The average molecular weight is 386 g/mol. The number of aromatic carboxylic acids is 1. The predicted octanol–water partition coefficient (Wildman–Crippen LogP) is 2.59. The molecule has 7 nitrogen and oxygen atoms in total. The summed E-state index contributed by atoms with van der Waals surface area (Å²) in [5.41, 5.74) is 0.149. The Morgan fingerprint density at radius 3 is 2.72 bits per heavy atom. The third kappa shape index (κ3) is 4.40. The van der Waals surface area contributed by atoms with Crippen molar-refractivity contribution in [2.24, 2.45) is 0 Å². The molecule has 0 radical (unpaired) electrons. The van der Waals surface area contributed by atoms with Crippen LogP contribution in [-0.4, -0.2) is 37.8 Å². The lowest BCUT2D eigenvalue weighted by molar-refractivity contribution is 0.0691. The number of carboxylic acid groups (broad SMARTS) is 1. The molecule has 2 aromatic rings. The summed E-state index contributed by atoms with van der Waals surface area (Å²) in [6.45, 7) is 0. The molecule has 0 aliphatic carbocycles. The van der Waals surface area contributed by atoms with Crippen LogP contribution in [0.2, 0.25) is 0 Å². The highest BCUT2D eigenvalue weighted by atomic mass is 32.2. The Balaban J connectivity index is 2.43. The van der Waals surface area contributed by atoms with Gasteiger partial charge in [-0.25, -0.2) is 22.6 Å². The van der Waals surface area contributed by atoms with Crippen LogP contribution in [0.3, 0.4) is 0 Å². The number of thioether (sulfide) groups is 1. The molecule has 2 rings (SSSR count). The molecule has 0 saturated heterocycles. The number of ether oxygens (including phenoxy) is 1. The van der Waals surface area contributed by atoms with Crippen molar-refractivity contribution in [3.8, 4) is 5.88 Å². The highest BCUT2D eigenvalue weighted by Gasteiger charge is 2.21. The summed E-state index contributed by atoms with van der Waals surface area (Å²) >= 11 is 1.53. The third-order valence-corrected chi connectivity index (χ3v) is 5.12. The van der Waals surface area contributed by atoms with E-state index < -0.39 is 27.4 Å². The molecule has 0 bridgehead atoms. The van der Waals surface area contributed by atoms with Crippen molar-refractivity contribution in [3.63, 3.8) is 0 Å². The number of hydrogen-bond acceptors (Lipinski definition) is 6. The number of carbonyl (C=O) groups is 1. The standard InChI is InChI=1S/C15H15FN2O5S2/c1-23-14-13(5-9(7-17-14)8-24-2)18-25(21,22)10-3-4-12(16)11(6-10)15(19)20/h3-7,18H,8H2,1-2H3,(H,19,20). The van der Waals surface area contributed by atoms with Gasteiger partial charge in [0.2, 0.25) is 5.88 Å². The highest BCUT2D eigenvalue weighted by Crippen LogP contribution is 2.27. The molecule has 25 heavy (non-hydrogen) atoms. The van der Waals surface area contributed by atoms with Crippen LogP contribution in [0.25, 0.3) is 0 Å². The fourth-order valence-corrected chi connectivity index (χ4v) is 3.58. The summed E-state index contributed by atoms with van der Waals surface area (Å²) in [5, 5.41) is 8.94. The van der Waals surface area contributed by atoms with Crippen LogP contribution in [0.5, 0.6) is 5.88 Å². The summed E-state index contributed by atoms with van der Waals surface area (Å²) in [6, 6.07) is 4.10. The number of methoxy groups -OCH3 is 1. The van der Waals surface area contributed by atoms with Crippen molar-refractivity contribution in [2.75, 3.05) is 18.1 Å². The van der Waals surface area contributed by atoms with Gasteiger partial charge < -0.3 is 9.84 Å². The van der Waals surface area contributed by atoms with E-state index in [4.69, 9.17) is 9.84 Å². The van der Waals surface area contributed by atoms with E-state index in [1.54, 1.807) is 12.3 Å². The lowest BCUT2D eigenvalue weighted by atomic mass is 10.2. The summed E-state index contributed by atoms with van der Waals surface area (Å²) in [6.07, 6.45) is 3.45. The molecule has 0 saturated carbocycles. The number of aromatic nitrogens is 1. The van der Waals surface area contributed by atoms with E-state index in [1.165, 1.54) is 18.9 Å². The molecule has 10 heteroatoms. The minimum Gasteiger partial charge on any atom is -0.480 e. The SMILES string of the molecule is COc1ncc(CSC)cc1NS(=O)(=O)c1ccc(F)c(C(=O)O)c1. The Kier molecular flexibility index (Phi) is 5.85. The topological polar surface area (TPSA) is 106 Å². The monoisotopic (exact) mass is 386 g/mol. The van der Waals surface area contributed by atoms with Crippen molar-refractivity contribution in [3.05, 3.63) is 47.4 Å². The zero-order valence-electron chi connectivity index (χ0n) is 13.3. The minimum atomic E-state index is -4.16. The first-order chi connectivity index (χ1) is 11.8. The van der Waals surface area contributed by atoms with Gasteiger partial charge in [0.1, 0.15) is 11.5 Å². The first kappa shape index (κ1) is 19.0. The number of hydrogen-bond donors (Lipinski definition) is 2. The van der Waals surface area contributed by atoms with E-state index in [0.717, 1.165) is 23.8 Å². The maximum absolute atomic E-state index is 13.5. The van der Waals surface area contributed by atoms with Gasteiger partial charge in [-0.15, -0.1) is 0 Å². The summed E-state index contributed by atoms with van der Waals surface area (Å²) < 4.78 is 45.8. The number of carboxylic acids is 1. The van der Waals surface area contributed by atoms with E-state index in [-0.39, 0.29) is 16.5 Å². The van der Waals surface area contributed by atoms with Crippen molar-refractivity contribution in [2.45, 2.75) is 10.6 Å². The predicted molar refractivity (Wildman–Crippen MR) is 92.2 cm³/mol. The van der Waals surface area contributed by atoms with Crippen molar-refractivity contribution >= 4 is 33.4 Å². The molecule has 0 aliphatic heterocycles. The second-order valence-corrected chi connectivity index (χ2v) is 7.43. The first-order valence-corrected chi connectivity index (χ1v) is 9.73. The van der Waals surface area contributed by atoms with Crippen molar-refractivity contribution in [1.82, 2.24) is 4.98 Å². The van der Waals surface area contributed by atoms with Crippen LogP contribution < -0.4 is 9.46 Å². The molecule has 1 aromatic carbocycles. The molecule has 2 N–H and O–H groups in total. The van der Waals surface area contributed by atoms with E-state index in [2.05, 4.69) is 9.71 Å². The minimum absolute atomic E-state index is 0.0639. The number of anilines is 1. The molecule has 0 unspecified atom stereocenters. The van der Waals surface area contributed by atoms with Gasteiger partial charge in [0.05, 0.1) is 17.6 Å². The van der Waals surface area contributed by atoms with Gasteiger partial charge in [0.15, 0.2) is 0 Å². The maximum Gasteiger partial charge on any atom is 0.338 e. The van der Waals surface area contributed by atoms with Crippen LogP contribution in [0, 0.1) is 5.82 Å². The van der Waals surface area contributed by atoms with Gasteiger partial charge in [-0.3, -0.25) is 4.72 Å². The Morgan fingerprint density at radius 1 is 1.40 bits per heavy atom. The second kappa shape index (κ2) is 7.70. The lowest BCUT2D eigenvalue weighted by Crippen LogP contribution is -2.15. The third-order valence-electron chi connectivity index (χ3n) is 3.13. The van der Waals surface area contributed by atoms with Crippen LogP contribution in [0.4, 0.5) is 10.1 Å². The van der Waals surface area contributed by atoms with E-state index >= 15 is 0 Å². The fraction of sp³-hybridized carbons (Fsp3) is 0.200. The molecule has 134 valence electrons. The van der Waals surface area contributed by atoms with E-state index in [9.17, 15) is 17.6 Å². The molecule has 0 atom stereocenters. The van der Waals surface area contributed by atoms with Gasteiger partial charge in [-0.1, -0.05) is 0 Å². The zero-order valence-corrected chi connectivity index (χ0v) is 14.9. The van der Waals surface area contributed by atoms with Crippen LogP contribution in [-0.2, 0) is 15.8 Å².